The molecule has 1 N–H and O–H groups in total. The van der Waals surface area contributed by atoms with Gasteiger partial charge in [-0.1, -0.05) is 286 Å². The van der Waals surface area contributed by atoms with Crippen molar-refractivity contribution in [1.82, 2.24) is 5.32 Å². The number of rotatable bonds is 55. The van der Waals surface area contributed by atoms with Gasteiger partial charge in [-0.05, 0) is 51.0 Å². The van der Waals surface area contributed by atoms with E-state index < -0.39 is 26.6 Å². The molecule has 0 aliphatic carbocycles. The molecule has 0 radical (unpaired) electrons. The maximum Gasteiger partial charge on any atom is 0.306 e. The Morgan fingerprint density at radius 1 is 0.480 bits per heavy atom. The average molecular weight is 1070 g/mol. The maximum atomic E-state index is 13.5. The van der Waals surface area contributed by atoms with Crippen LogP contribution in [0.1, 0.15) is 265 Å². The van der Waals surface area contributed by atoms with Crippen molar-refractivity contribution in [2.24, 2.45) is 0 Å². The minimum Gasteiger partial charge on any atom is -0.756 e. The number of carbonyl (C=O) groups excluding carboxylic acids is 2. The Morgan fingerprint density at radius 2 is 0.853 bits per heavy atom. The summed E-state index contributed by atoms with van der Waals surface area (Å²) >= 11 is 0. The summed E-state index contributed by atoms with van der Waals surface area (Å²) in [6.07, 6.45) is 71.3. The highest BCUT2D eigenvalue weighted by Gasteiger charge is 2.27. The van der Waals surface area contributed by atoms with Gasteiger partial charge < -0.3 is 28.5 Å². The summed E-state index contributed by atoms with van der Waals surface area (Å²) in [5, 5.41) is 3.00. The van der Waals surface area contributed by atoms with E-state index in [4.69, 9.17) is 13.8 Å². The molecule has 0 saturated heterocycles. The molecule has 0 saturated carbocycles. The fourth-order valence-electron chi connectivity index (χ4n) is 8.73. The number of hydrogen-bond donors (Lipinski definition) is 1. The molecule has 0 aromatic rings. The second-order valence-electron chi connectivity index (χ2n) is 22.0. The molecule has 3 atom stereocenters. The first-order chi connectivity index (χ1) is 36.4. The lowest BCUT2D eigenvalue weighted by Crippen LogP contribution is -2.47. The van der Waals surface area contributed by atoms with Crippen molar-refractivity contribution < 1.29 is 37.3 Å². The highest BCUT2D eigenvalue weighted by molar-refractivity contribution is 7.45. The van der Waals surface area contributed by atoms with Crippen molar-refractivity contribution in [2.75, 3.05) is 40.9 Å². The number of likely N-dealkylation sites (N-methyl/N-ethyl adjacent to an activating group) is 1. The third-order valence-electron chi connectivity index (χ3n) is 13.5. The minimum absolute atomic E-state index is 0.0341. The zero-order valence-corrected chi connectivity index (χ0v) is 50.4. The summed E-state index contributed by atoms with van der Waals surface area (Å²) in [6, 6.07) is -0.913. The van der Waals surface area contributed by atoms with Crippen molar-refractivity contribution in [3.63, 3.8) is 0 Å². The summed E-state index contributed by atoms with van der Waals surface area (Å²) in [5.41, 5.74) is 0. The molecular formula is C65H117N2O7P. The highest BCUT2D eigenvalue weighted by Crippen LogP contribution is 2.38. The van der Waals surface area contributed by atoms with E-state index in [1.54, 1.807) is 0 Å². The molecule has 0 aliphatic rings. The lowest BCUT2D eigenvalue weighted by molar-refractivity contribution is -0.870. The number of nitrogens with one attached hydrogen (secondary N) is 1. The molecule has 0 bridgehead atoms. The van der Waals surface area contributed by atoms with Gasteiger partial charge in [0.1, 0.15) is 19.3 Å². The molecule has 0 rings (SSSR count). The van der Waals surface area contributed by atoms with Gasteiger partial charge >= 0.3 is 5.97 Å². The Kier molecular flexibility index (Phi) is 52.5. The molecule has 0 heterocycles. The van der Waals surface area contributed by atoms with E-state index in [0.717, 1.165) is 64.2 Å². The number of carbonyl (C=O) groups is 2. The van der Waals surface area contributed by atoms with Crippen LogP contribution in [0.5, 0.6) is 0 Å². The Hall–Kier alpha value is -2.81. The maximum absolute atomic E-state index is 13.5. The smallest absolute Gasteiger partial charge is 0.306 e. The fraction of sp³-hybridized carbons (Fsp3) is 0.754. The van der Waals surface area contributed by atoms with Crippen molar-refractivity contribution in [3.8, 4) is 0 Å². The number of quaternary nitrogens is 1. The molecular weight excluding hydrogens is 952 g/mol. The van der Waals surface area contributed by atoms with Crippen LogP contribution in [-0.2, 0) is 27.9 Å². The van der Waals surface area contributed by atoms with E-state index in [0.29, 0.717) is 17.4 Å². The lowest BCUT2D eigenvalue weighted by atomic mass is 10.0. The van der Waals surface area contributed by atoms with Gasteiger partial charge in [0.2, 0.25) is 5.91 Å². The number of phosphoric acid groups is 1. The monoisotopic (exact) mass is 1070 g/mol. The van der Waals surface area contributed by atoms with Crippen LogP contribution in [0.15, 0.2) is 85.1 Å². The minimum atomic E-state index is -4.71. The van der Waals surface area contributed by atoms with Gasteiger partial charge in [0.25, 0.3) is 7.82 Å². The van der Waals surface area contributed by atoms with Crippen LogP contribution in [0.4, 0.5) is 0 Å². The van der Waals surface area contributed by atoms with Gasteiger partial charge in [0.05, 0.1) is 33.8 Å². The molecule has 10 heteroatoms. The Labute approximate surface area is 463 Å². The van der Waals surface area contributed by atoms with Crippen LogP contribution in [0.2, 0.25) is 0 Å². The van der Waals surface area contributed by atoms with Gasteiger partial charge in [0.15, 0.2) is 0 Å². The third kappa shape index (κ3) is 55.7. The molecule has 434 valence electrons. The van der Waals surface area contributed by atoms with Crippen LogP contribution in [0.3, 0.4) is 0 Å². The highest BCUT2D eigenvalue weighted by atomic mass is 31.2. The van der Waals surface area contributed by atoms with E-state index in [9.17, 15) is 19.0 Å². The number of esters is 1. The molecule has 0 aromatic carbocycles. The first-order valence-corrected chi connectivity index (χ1v) is 32.4. The number of ether oxygens (including phenoxy) is 1. The average Bonchev–Trinajstić information content (AvgIpc) is 3.37. The summed E-state index contributed by atoms with van der Waals surface area (Å²) in [5.74, 6) is -0.589. The van der Waals surface area contributed by atoms with Crippen LogP contribution < -0.4 is 10.2 Å². The van der Waals surface area contributed by atoms with Crippen LogP contribution in [-0.4, -0.2) is 69.4 Å². The number of hydrogen-bond acceptors (Lipinski definition) is 7. The topological polar surface area (TPSA) is 114 Å². The normalized spacial score (nSPS) is 14.3. The van der Waals surface area contributed by atoms with Crippen molar-refractivity contribution >= 4 is 19.7 Å². The SMILES string of the molecule is CC\C=C/C=C/C=C/C=C\C=C\C=C\CCCCCC(=O)NC(COP(=O)([O-])OCC[N+](C)(C)C)C(/C=C/CCCCCCCCCCC)OC(=O)CCCCCCCCCCCCCCCCCCCCCCC. The predicted molar refractivity (Wildman–Crippen MR) is 321 cm³/mol. The number of allylic oxidation sites excluding steroid dienone is 13. The fourth-order valence-corrected chi connectivity index (χ4v) is 9.45. The first kappa shape index (κ1) is 72.2. The molecule has 0 aromatic heterocycles. The molecule has 1 amide bonds. The van der Waals surface area contributed by atoms with Gasteiger partial charge in [-0.25, -0.2) is 0 Å². The second-order valence-corrected chi connectivity index (χ2v) is 23.4. The van der Waals surface area contributed by atoms with Crippen LogP contribution >= 0.6 is 7.82 Å². The zero-order valence-electron chi connectivity index (χ0n) is 49.5. The van der Waals surface area contributed by atoms with Crippen LogP contribution in [0, 0.1) is 0 Å². The largest absolute Gasteiger partial charge is 0.756 e. The standard InChI is InChI=1S/C65H117N2O7P/c1-7-10-13-16-19-22-25-27-29-31-32-33-34-36-38-40-43-46-49-52-55-58-65(69)74-63(56-53-50-47-44-41-24-21-18-15-12-9-3)62(61-73-75(70,71)72-60-59-67(4,5)6)66-64(68)57-54-51-48-45-42-39-37-35-30-28-26-23-20-17-14-11-8-2/h11,14,17,20,23,26,28,30,35,37,39,42,53,56,62-63H,7-10,12-13,15-16,18-19,21-22,24-25,27,29,31-34,36,38,40-41,43-52,54-55,57-61H2,1-6H3,(H-,66,68,70,71)/b14-11-,20-17+,26-23+,30-28-,37-35+,42-39+,56-53+. The van der Waals surface area contributed by atoms with Crippen molar-refractivity contribution in [1.29, 1.82) is 0 Å². The number of phosphoric ester groups is 1. The van der Waals surface area contributed by atoms with Crippen molar-refractivity contribution in [2.45, 2.75) is 277 Å². The summed E-state index contributed by atoms with van der Waals surface area (Å²) in [6.45, 7) is 6.67. The van der Waals surface area contributed by atoms with E-state index in [1.807, 2.05) is 94.1 Å². The van der Waals surface area contributed by atoms with Crippen molar-refractivity contribution in [3.05, 3.63) is 85.1 Å². The first-order valence-electron chi connectivity index (χ1n) is 31.0. The van der Waals surface area contributed by atoms with E-state index in [2.05, 4.69) is 38.2 Å². The molecule has 9 nitrogen and oxygen atoms in total. The number of unbranched alkanes of at least 4 members (excludes halogenated alkanes) is 32. The van der Waals surface area contributed by atoms with Gasteiger partial charge in [-0.15, -0.1) is 0 Å². The molecule has 0 aliphatic heterocycles. The van der Waals surface area contributed by atoms with Gasteiger partial charge in [0, 0.05) is 12.8 Å². The summed E-state index contributed by atoms with van der Waals surface area (Å²) in [4.78, 5) is 39.9. The Bertz CT molecular complexity index is 1560. The van der Waals surface area contributed by atoms with Gasteiger partial charge in [-0.2, -0.15) is 0 Å². The quantitative estimate of drug-likeness (QED) is 0.0161. The van der Waals surface area contributed by atoms with E-state index >= 15 is 0 Å². The predicted octanol–water partition coefficient (Wildman–Crippen LogP) is 18.4. The summed E-state index contributed by atoms with van der Waals surface area (Å²) in [7, 11) is 1.15. The lowest BCUT2D eigenvalue weighted by Gasteiger charge is -2.30. The Morgan fingerprint density at radius 3 is 1.29 bits per heavy atom. The Balaban J connectivity index is 5.25. The molecule has 0 fully saturated rings. The third-order valence-corrected chi connectivity index (χ3v) is 14.5. The molecule has 0 spiro atoms. The number of nitrogens with zero attached hydrogens (tertiary/aromatic N) is 1. The molecule has 75 heavy (non-hydrogen) atoms. The molecule has 3 unspecified atom stereocenters. The summed E-state index contributed by atoms with van der Waals surface area (Å²) < 4.78 is 30.3. The number of amides is 1. The second kappa shape index (κ2) is 54.5. The zero-order chi connectivity index (χ0) is 55.0. The van der Waals surface area contributed by atoms with E-state index in [1.165, 1.54) is 161 Å². The van der Waals surface area contributed by atoms with Crippen LogP contribution in [0.25, 0.3) is 0 Å². The van der Waals surface area contributed by atoms with Gasteiger partial charge in [-0.3, -0.25) is 14.2 Å². The van der Waals surface area contributed by atoms with E-state index in [-0.39, 0.29) is 31.3 Å².